The summed E-state index contributed by atoms with van der Waals surface area (Å²) in [5.74, 6) is 0.0126. The van der Waals surface area contributed by atoms with Crippen molar-refractivity contribution in [2.45, 2.75) is 12.8 Å². The van der Waals surface area contributed by atoms with Crippen LogP contribution in [0.2, 0.25) is 0 Å². The highest BCUT2D eigenvalue weighted by molar-refractivity contribution is 5.93. The van der Waals surface area contributed by atoms with Gasteiger partial charge in [0, 0.05) is 30.9 Å². The molecule has 1 aromatic rings. The van der Waals surface area contributed by atoms with Gasteiger partial charge in [-0.2, -0.15) is 0 Å². The predicted molar refractivity (Wildman–Crippen MR) is 58.7 cm³/mol. The van der Waals surface area contributed by atoms with Crippen LogP contribution in [0.3, 0.4) is 0 Å². The summed E-state index contributed by atoms with van der Waals surface area (Å²) in [7, 11) is 1.95. The van der Waals surface area contributed by atoms with E-state index in [0.29, 0.717) is 11.0 Å². The van der Waals surface area contributed by atoms with Crippen LogP contribution in [-0.4, -0.2) is 31.0 Å². The van der Waals surface area contributed by atoms with Gasteiger partial charge in [-0.25, -0.2) is 0 Å². The summed E-state index contributed by atoms with van der Waals surface area (Å²) in [4.78, 5) is 14.5. The van der Waals surface area contributed by atoms with Crippen molar-refractivity contribution in [3.63, 3.8) is 0 Å². The Labute approximate surface area is 89.5 Å². The van der Waals surface area contributed by atoms with E-state index in [0.717, 1.165) is 13.1 Å². The van der Waals surface area contributed by atoms with Crippen molar-refractivity contribution in [1.82, 2.24) is 15.6 Å². The molecule has 1 heterocycles. The topological polar surface area (TPSA) is 56.9 Å². The number of hydrogen-bond donors (Lipinski definition) is 3. The van der Waals surface area contributed by atoms with Crippen molar-refractivity contribution in [2.24, 2.45) is 5.41 Å². The fourth-order valence-corrected chi connectivity index (χ4v) is 1.80. The molecule has 4 nitrogen and oxygen atoms in total. The number of carbonyl (C=O) groups excluding carboxylic acids is 1. The minimum Gasteiger partial charge on any atom is -0.367 e. The Kier molecular flexibility index (Phi) is 2.77. The summed E-state index contributed by atoms with van der Waals surface area (Å²) in [6.07, 6.45) is 5.89. The van der Waals surface area contributed by atoms with Crippen LogP contribution >= 0.6 is 0 Å². The first-order chi connectivity index (χ1) is 7.26. The molecule has 1 aliphatic rings. The number of nitrogens with one attached hydrogen (secondary N) is 3. The molecule has 0 spiro atoms. The Morgan fingerprint density at radius 3 is 2.87 bits per heavy atom. The third-order valence-corrected chi connectivity index (χ3v) is 2.99. The van der Waals surface area contributed by atoms with Crippen LogP contribution in [0.5, 0.6) is 0 Å². The zero-order chi connectivity index (χ0) is 10.7. The summed E-state index contributed by atoms with van der Waals surface area (Å²) in [6.45, 7) is 1.76. The molecule has 0 atom stereocenters. The van der Waals surface area contributed by atoms with E-state index in [-0.39, 0.29) is 5.91 Å². The Bertz CT molecular complexity index is 328. The molecular weight excluding hydrogens is 190 g/mol. The van der Waals surface area contributed by atoms with Gasteiger partial charge in [0.2, 0.25) is 0 Å². The summed E-state index contributed by atoms with van der Waals surface area (Å²) < 4.78 is 0. The average molecular weight is 207 g/mol. The molecule has 1 fully saturated rings. The second-order valence-corrected chi connectivity index (χ2v) is 4.31. The number of H-pyrrole nitrogens is 1. The zero-order valence-electron chi connectivity index (χ0n) is 8.97. The molecule has 0 radical (unpaired) electrons. The molecule has 15 heavy (non-hydrogen) atoms. The highest BCUT2D eigenvalue weighted by Crippen LogP contribution is 2.44. The van der Waals surface area contributed by atoms with E-state index in [2.05, 4.69) is 15.6 Å². The molecule has 1 aromatic heterocycles. The van der Waals surface area contributed by atoms with E-state index in [1.165, 1.54) is 12.8 Å². The second kappa shape index (κ2) is 4.06. The summed E-state index contributed by atoms with van der Waals surface area (Å²) >= 11 is 0. The van der Waals surface area contributed by atoms with Gasteiger partial charge in [-0.3, -0.25) is 4.79 Å². The minimum atomic E-state index is 0.0126. The molecule has 1 saturated carbocycles. The number of aromatic amines is 1. The third kappa shape index (κ3) is 2.39. The first-order valence-corrected chi connectivity index (χ1v) is 5.31. The van der Waals surface area contributed by atoms with Crippen LogP contribution in [0.15, 0.2) is 18.5 Å². The molecular formula is C11H17N3O. The molecule has 82 valence electrons. The van der Waals surface area contributed by atoms with Gasteiger partial charge in [-0.05, 0) is 26.0 Å². The number of carbonyl (C=O) groups is 1. The van der Waals surface area contributed by atoms with E-state index < -0.39 is 0 Å². The highest BCUT2D eigenvalue weighted by Gasteiger charge is 2.41. The fraction of sp³-hybridized carbons (Fsp3) is 0.545. The number of rotatable bonds is 5. The molecule has 3 N–H and O–H groups in total. The lowest BCUT2D eigenvalue weighted by Crippen LogP contribution is -2.34. The lowest BCUT2D eigenvalue weighted by Gasteiger charge is -2.14. The Morgan fingerprint density at radius 1 is 1.53 bits per heavy atom. The molecule has 4 heteroatoms. The smallest absolute Gasteiger partial charge is 0.252 e. The molecule has 0 bridgehead atoms. The van der Waals surface area contributed by atoms with Crippen LogP contribution in [0, 0.1) is 5.41 Å². The summed E-state index contributed by atoms with van der Waals surface area (Å²) in [5, 5.41) is 6.15. The number of hydrogen-bond acceptors (Lipinski definition) is 2. The van der Waals surface area contributed by atoms with Crippen molar-refractivity contribution in [1.29, 1.82) is 0 Å². The highest BCUT2D eigenvalue weighted by atomic mass is 16.1. The lowest BCUT2D eigenvalue weighted by atomic mass is 10.1. The van der Waals surface area contributed by atoms with Crippen molar-refractivity contribution in [2.75, 3.05) is 20.1 Å². The van der Waals surface area contributed by atoms with E-state index in [9.17, 15) is 4.79 Å². The Morgan fingerprint density at radius 2 is 2.33 bits per heavy atom. The van der Waals surface area contributed by atoms with Gasteiger partial charge in [-0.1, -0.05) is 0 Å². The Balaban J connectivity index is 1.81. The number of aromatic nitrogens is 1. The van der Waals surface area contributed by atoms with Gasteiger partial charge < -0.3 is 15.6 Å². The summed E-state index contributed by atoms with van der Waals surface area (Å²) in [5.41, 5.74) is 1.02. The van der Waals surface area contributed by atoms with Crippen LogP contribution in [0.25, 0.3) is 0 Å². The van der Waals surface area contributed by atoms with Crippen molar-refractivity contribution < 1.29 is 4.79 Å². The summed E-state index contributed by atoms with van der Waals surface area (Å²) in [6, 6.07) is 1.78. The standard InChI is InChI=1S/C11H17N3O/c1-12-7-11(3-4-11)8-14-10(15)9-2-5-13-6-9/h2,5-6,12-13H,3-4,7-8H2,1H3,(H,14,15). The SMILES string of the molecule is CNCC1(CNC(=O)c2cc[nH]c2)CC1. The van der Waals surface area contributed by atoms with Crippen molar-refractivity contribution in [3.05, 3.63) is 24.0 Å². The zero-order valence-corrected chi connectivity index (χ0v) is 8.97. The molecule has 0 aromatic carbocycles. The minimum absolute atomic E-state index is 0.0126. The maximum atomic E-state index is 11.6. The predicted octanol–water partition coefficient (Wildman–Crippen LogP) is 0.744. The van der Waals surface area contributed by atoms with Crippen LogP contribution < -0.4 is 10.6 Å². The molecule has 0 saturated heterocycles. The van der Waals surface area contributed by atoms with Gasteiger partial charge in [0.25, 0.3) is 5.91 Å². The molecule has 1 amide bonds. The van der Waals surface area contributed by atoms with Gasteiger partial charge in [0.15, 0.2) is 0 Å². The quantitative estimate of drug-likeness (QED) is 0.667. The third-order valence-electron chi connectivity index (χ3n) is 2.99. The first-order valence-electron chi connectivity index (χ1n) is 5.31. The van der Waals surface area contributed by atoms with Gasteiger partial charge >= 0.3 is 0 Å². The number of amides is 1. The lowest BCUT2D eigenvalue weighted by molar-refractivity contribution is 0.0945. The monoisotopic (exact) mass is 207 g/mol. The van der Waals surface area contributed by atoms with E-state index in [1.54, 1.807) is 18.5 Å². The maximum Gasteiger partial charge on any atom is 0.252 e. The molecule has 1 aliphatic carbocycles. The van der Waals surface area contributed by atoms with Gasteiger partial charge in [0.1, 0.15) is 0 Å². The maximum absolute atomic E-state index is 11.6. The fourth-order valence-electron chi connectivity index (χ4n) is 1.80. The largest absolute Gasteiger partial charge is 0.367 e. The van der Waals surface area contributed by atoms with E-state index in [1.807, 2.05) is 7.05 Å². The molecule has 2 rings (SSSR count). The van der Waals surface area contributed by atoms with Gasteiger partial charge in [-0.15, -0.1) is 0 Å². The van der Waals surface area contributed by atoms with Crippen LogP contribution in [-0.2, 0) is 0 Å². The van der Waals surface area contributed by atoms with Crippen molar-refractivity contribution >= 4 is 5.91 Å². The normalized spacial score (nSPS) is 17.4. The second-order valence-electron chi connectivity index (χ2n) is 4.31. The van der Waals surface area contributed by atoms with Crippen LogP contribution in [0.4, 0.5) is 0 Å². The average Bonchev–Trinajstić information content (AvgIpc) is 2.81. The molecule has 0 unspecified atom stereocenters. The van der Waals surface area contributed by atoms with E-state index in [4.69, 9.17) is 0 Å². The van der Waals surface area contributed by atoms with E-state index >= 15 is 0 Å². The van der Waals surface area contributed by atoms with Crippen LogP contribution in [0.1, 0.15) is 23.2 Å². The van der Waals surface area contributed by atoms with Crippen molar-refractivity contribution in [3.8, 4) is 0 Å². The molecule has 0 aliphatic heterocycles. The Hall–Kier alpha value is -1.29. The van der Waals surface area contributed by atoms with Gasteiger partial charge in [0.05, 0.1) is 5.56 Å². The first kappa shape index (κ1) is 10.2.